The summed E-state index contributed by atoms with van der Waals surface area (Å²) < 4.78 is 10.5. The number of amides is 2. The highest BCUT2D eigenvalue weighted by Crippen LogP contribution is 2.43. The smallest absolute Gasteiger partial charge is 0.254 e. The Hall–Kier alpha value is -4.39. The van der Waals surface area contributed by atoms with Crippen LogP contribution < -0.4 is 25.4 Å². The highest BCUT2D eigenvalue weighted by molar-refractivity contribution is 8.03. The maximum atomic E-state index is 13.7. The van der Waals surface area contributed by atoms with E-state index in [0.29, 0.717) is 49.8 Å². The topological polar surface area (TPSA) is 112 Å². The first-order chi connectivity index (χ1) is 19.4. The molecule has 0 fully saturated rings. The highest BCUT2D eigenvalue weighted by Gasteiger charge is 2.36. The van der Waals surface area contributed by atoms with Crippen molar-refractivity contribution in [3.05, 3.63) is 105 Å². The van der Waals surface area contributed by atoms with Crippen molar-refractivity contribution in [1.82, 2.24) is 5.32 Å². The van der Waals surface area contributed by atoms with Gasteiger partial charge in [-0.3, -0.25) is 9.59 Å². The SMILES string of the molecule is COc1ccc(NC(=O)CSC2=C(C#N)[C@@H](c3ccccc3Cl)C(C(=O)Nc3ccccc3OC)=C(C)N2)cc1. The summed E-state index contributed by atoms with van der Waals surface area (Å²) in [7, 11) is 3.09. The standard InChI is InChI=1S/C30H27ClN4O4S/c1-18-27(29(37)35-24-10-6-7-11-25(24)39-3)28(21-8-4-5-9-23(21)31)22(16-32)30(33-18)40-17-26(36)34-19-12-14-20(38-2)15-13-19/h4-15,28,33H,17H2,1-3H3,(H,34,36)(H,35,37)/t28-/m1/s1. The molecule has 1 aliphatic rings. The first-order valence-electron chi connectivity index (χ1n) is 12.2. The van der Waals surface area contributed by atoms with E-state index in [9.17, 15) is 14.9 Å². The van der Waals surface area contributed by atoms with Gasteiger partial charge in [-0.2, -0.15) is 5.26 Å². The Morgan fingerprint density at radius 3 is 2.38 bits per heavy atom. The molecular weight excluding hydrogens is 548 g/mol. The summed E-state index contributed by atoms with van der Waals surface area (Å²) in [6.07, 6.45) is 0. The van der Waals surface area contributed by atoms with Crippen molar-refractivity contribution in [2.75, 3.05) is 30.6 Å². The van der Waals surface area contributed by atoms with Crippen LogP contribution in [-0.4, -0.2) is 31.8 Å². The number of carbonyl (C=O) groups excluding carboxylic acids is 2. The second-order valence-corrected chi connectivity index (χ2v) is 10.1. The molecule has 4 rings (SSSR count). The number of benzene rings is 3. The minimum atomic E-state index is -0.762. The summed E-state index contributed by atoms with van der Waals surface area (Å²) in [5, 5.41) is 20.1. The summed E-state index contributed by atoms with van der Waals surface area (Å²) in [5.74, 6) is -0.207. The van der Waals surface area contributed by atoms with Gasteiger partial charge < -0.3 is 25.4 Å². The Kier molecular flexibility index (Phi) is 9.38. The number of thioether (sulfide) groups is 1. The summed E-state index contributed by atoms with van der Waals surface area (Å²) in [6, 6.07) is 23.4. The molecule has 2 amide bonds. The zero-order valence-electron chi connectivity index (χ0n) is 22.1. The summed E-state index contributed by atoms with van der Waals surface area (Å²) in [4.78, 5) is 26.4. The van der Waals surface area contributed by atoms with Crippen LogP contribution in [-0.2, 0) is 9.59 Å². The number of hydrogen-bond donors (Lipinski definition) is 3. The predicted octanol–water partition coefficient (Wildman–Crippen LogP) is 6.06. The fraction of sp³-hybridized carbons (Fsp3) is 0.167. The zero-order chi connectivity index (χ0) is 28.6. The van der Waals surface area contributed by atoms with Gasteiger partial charge in [-0.1, -0.05) is 53.7 Å². The number of methoxy groups -OCH3 is 2. The quantitative estimate of drug-likeness (QED) is 0.284. The van der Waals surface area contributed by atoms with E-state index in [1.54, 1.807) is 86.8 Å². The van der Waals surface area contributed by atoms with Crippen molar-refractivity contribution in [3.8, 4) is 17.6 Å². The Morgan fingerprint density at radius 2 is 1.70 bits per heavy atom. The summed E-state index contributed by atoms with van der Waals surface area (Å²) in [6.45, 7) is 1.76. The van der Waals surface area contributed by atoms with Crippen molar-refractivity contribution < 1.29 is 19.1 Å². The minimum Gasteiger partial charge on any atom is -0.497 e. The fourth-order valence-corrected chi connectivity index (χ4v) is 5.43. The molecule has 0 saturated heterocycles. The third-order valence-corrected chi connectivity index (χ3v) is 7.55. The van der Waals surface area contributed by atoms with Gasteiger partial charge in [0.15, 0.2) is 0 Å². The number of anilines is 2. The van der Waals surface area contributed by atoms with Crippen molar-refractivity contribution in [2.45, 2.75) is 12.8 Å². The van der Waals surface area contributed by atoms with Gasteiger partial charge in [-0.25, -0.2) is 0 Å². The third kappa shape index (κ3) is 6.42. The van der Waals surface area contributed by atoms with E-state index in [1.807, 2.05) is 0 Å². The maximum Gasteiger partial charge on any atom is 0.254 e. The van der Waals surface area contributed by atoms with E-state index in [-0.39, 0.29) is 17.2 Å². The van der Waals surface area contributed by atoms with Gasteiger partial charge in [0, 0.05) is 22.0 Å². The minimum absolute atomic E-state index is 0.0325. The molecule has 1 heterocycles. The van der Waals surface area contributed by atoms with E-state index in [2.05, 4.69) is 22.0 Å². The molecule has 204 valence electrons. The van der Waals surface area contributed by atoms with Crippen molar-refractivity contribution in [3.63, 3.8) is 0 Å². The molecule has 0 bridgehead atoms. The number of hydrogen-bond acceptors (Lipinski definition) is 7. The van der Waals surface area contributed by atoms with Crippen LogP contribution in [0.5, 0.6) is 11.5 Å². The molecule has 1 atom stereocenters. The predicted molar refractivity (Wildman–Crippen MR) is 158 cm³/mol. The van der Waals surface area contributed by atoms with Gasteiger partial charge in [-0.15, -0.1) is 0 Å². The fourth-order valence-electron chi connectivity index (χ4n) is 4.29. The second kappa shape index (κ2) is 13.1. The van der Waals surface area contributed by atoms with E-state index >= 15 is 0 Å². The van der Waals surface area contributed by atoms with Crippen LogP contribution >= 0.6 is 23.4 Å². The van der Waals surface area contributed by atoms with Crippen molar-refractivity contribution >= 4 is 46.6 Å². The molecule has 3 N–H and O–H groups in total. The summed E-state index contributed by atoms with van der Waals surface area (Å²) >= 11 is 7.76. The third-order valence-electron chi connectivity index (χ3n) is 6.18. The number of nitriles is 1. The zero-order valence-corrected chi connectivity index (χ0v) is 23.7. The Balaban J connectivity index is 1.63. The van der Waals surface area contributed by atoms with Crippen molar-refractivity contribution in [1.29, 1.82) is 5.26 Å². The Morgan fingerprint density at radius 1 is 1.00 bits per heavy atom. The number of para-hydroxylation sites is 2. The van der Waals surface area contributed by atoms with Gasteiger partial charge in [0.05, 0.1) is 48.2 Å². The Labute approximate surface area is 242 Å². The number of halogens is 1. The number of allylic oxidation sites excluding steroid dienone is 2. The lowest BCUT2D eigenvalue weighted by molar-refractivity contribution is -0.114. The second-order valence-electron chi connectivity index (χ2n) is 8.69. The molecule has 0 radical (unpaired) electrons. The van der Waals surface area contributed by atoms with Crippen LogP contribution in [0.15, 0.2) is 94.7 Å². The van der Waals surface area contributed by atoms with Gasteiger partial charge in [-0.05, 0) is 55.0 Å². The van der Waals surface area contributed by atoms with Crippen LogP contribution in [0, 0.1) is 11.3 Å². The lowest BCUT2D eigenvalue weighted by Gasteiger charge is -2.30. The number of nitrogens with one attached hydrogen (secondary N) is 3. The molecule has 40 heavy (non-hydrogen) atoms. The average Bonchev–Trinajstić information content (AvgIpc) is 2.96. The van der Waals surface area contributed by atoms with Crippen LogP contribution in [0.2, 0.25) is 5.02 Å². The molecule has 3 aromatic carbocycles. The normalized spacial score (nSPS) is 14.6. The molecule has 0 aromatic heterocycles. The first-order valence-corrected chi connectivity index (χ1v) is 13.6. The maximum absolute atomic E-state index is 13.7. The van der Waals surface area contributed by atoms with Gasteiger partial charge >= 0.3 is 0 Å². The van der Waals surface area contributed by atoms with Gasteiger partial charge in [0.25, 0.3) is 5.91 Å². The van der Waals surface area contributed by atoms with Crippen LogP contribution in [0.25, 0.3) is 0 Å². The molecule has 0 unspecified atom stereocenters. The molecule has 1 aliphatic heterocycles. The summed E-state index contributed by atoms with van der Waals surface area (Å²) in [5.41, 5.74) is 2.87. The largest absolute Gasteiger partial charge is 0.497 e. The van der Waals surface area contributed by atoms with Gasteiger partial charge in [0.1, 0.15) is 11.5 Å². The van der Waals surface area contributed by atoms with Gasteiger partial charge in [0.2, 0.25) is 5.91 Å². The van der Waals surface area contributed by atoms with Crippen LogP contribution in [0.1, 0.15) is 18.4 Å². The van der Waals surface area contributed by atoms with E-state index in [1.165, 1.54) is 18.9 Å². The molecular formula is C30H27ClN4O4S. The highest BCUT2D eigenvalue weighted by atomic mass is 35.5. The average molecular weight is 575 g/mol. The Bertz CT molecular complexity index is 1530. The lowest BCUT2D eigenvalue weighted by Crippen LogP contribution is -2.31. The number of nitrogens with zero attached hydrogens (tertiary/aromatic N) is 1. The first kappa shape index (κ1) is 28.6. The molecule has 3 aromatic rings. The molecule has 0 aliphatic carbocycles. The molecule has 10 heteroatoms. The molecule has 8 nitrogen and oxygen atoms in total. The van der Waals surface area contributed by atoms with E-state index in [4.69, 9.17) is 21.1 Å². The molecule has 0 saturated carbocycles. The number of carbonyl (C=O) groups is 2. The lowest BCUT2D eigenvalue weighted by atomic mass is 9.82. The molecule has 0 spiro atoms. The van der Waals surface area contributed by atoms with Crippen LogP contribution in [0.4, 0.5) is 11.4 Å². The number of dihydropyridines is 1. The number of ether oxygens (including phenoxy) is 2. The van der Waals surface area contributed by atoms with Crippen LogP contribution in [0.3, 0.4) is 0 Å². The van der Waals surface area contributed by atoms with Crippen molar-refractivity contribution in [2.24, 2.45) is 0 Å². The number of rotatable bonds is 9. The monoisotopic (exact) mass is 574 g/mol. The van der Waals surface area contributed by atoms with E-state index in [0.717, 1.165) is 0 Å². The van der Waals surface area contributed by atoms with E-state index < -0.39 is 11.8 Å².